The lowest BCUT2D eigenvalue weighted by molar-refractivity contribution is -0.169. The van der Waals surface area contributed by atoms with Gasteiger partial charge in [-0.3, -0.25) is 19.3 Å². The van der Waals surface area contributed by atoms with Gasteiger partial charge in [0.1, 0.15) is 22.8 Å². The van der Waals surface area contributed by atoms with Crippen LogP contribution in [0.2, 0.25) is 0 Å². The highest BCUT2D eigenvalue weighted by Gasteiger charge is 2.68. The Labute approximate surface area is 193 Å². The van der Waals surface area contributed by atoms with Crippen molar-refractivity contribution in [3.05, 3.63) is 46.2 Å². The van der Waals surface area contributed by atoms with Crippen molar-refractivity contribution in [2.45, 2.75) is 30.6 Å². The van der Waals surface area contributed by atoms with Crippen LogP contribution in [-0.4, -0.2) is 90.7 Å². The summed E-state index contributed by atoms with van der Waals surface area (Å²) >= 11 is 0. The SMILES string of the molecule is C[C@H]1c2cccc(O)c2C(O)=C2C(=O)[C@]3(O)C(O)=C(C(N)=O)C(=O)[C@@H](N(C)C)[C@@H]3[C@@H](O)[C@@H]21.O.O. The summed E-state index contributed by atoms with van der Waals surface area (Å²) in [5.41, 5.74) is 1.47. The number of hydrogen-bond donors (Lipinski definition) is 6. The fraction of sp³-hybridized carbons (Fsp3) is 0.409. The van der Waals surface area contributed by atoms with Gasteiger partial charge in [0.25, 0.3) is 5.91 Å². The molecule has 4 rings (SSSR count). The third kappa shape index (κ3) is 3.07. The first-order valence-electron chi connectivity index (χ1n) is 10.0. The standard InChI is InChI=1S/C22H24N2O8.2H2O/c1-7-8-5-4-6-9(25)11(8)16(26)12-10(7)17(27)14-15(24(2)3)18(28)13(21(23)31)20(30)22(14,32)19(12)29;;/h4-7,10,14-15,17,25-27,30,32H,1-3H3,(H2,23,31);2*1H2/t7-,10+,14+,15-,17-,22-;;/m0../s1. The van der Waals surface area contributed by atoms with Crippen LogP contribution in [0.25, 0.3) is 5.76 Å². The van der Waals surface area contributed by atoms with Gasteiger partial charge in [-0.05, 0) is 31.6 Å². The number of phenols is 1. The molecule has 3 aliphatic carbocycles. The normalized spacial score (nSPS) is 32.4. The van der Waals surface area contributed by atoms with E-state index in [4.69, 9.17) is 5.73 Å². The summed E-state index contributed by atoms with van der Waals surface area (Å²) in [5, 5.41) is 54.9. The number of carbonyl (C=O) groups excluding carboxylic acids is 3. The number of nitrogens with zero attached hydrogens (tertiary/aromatic N) is 1. The molecule has 0 spiro atoms. The number of benzene rings is 1. The molecule has 186 valence electrons. The number of nitrogens with two attached hydrogens (primary N) is 1. The smallest absolute Gasteiger partial charge is 0.255 e. The van der Waals surface area contributed by atoms with E-state index in [1.807, 2.05) is 0 Å². The number of rotatable bonds is 2. The lowest BCUT2D eigenvalue weighted by atomic mass is 9.54. The fourth-order valence-electron chi connectivity index (χ4n) is 5.58. The molecular weight excluding hydrogens is 452 g/mol. The molecule has 0 bridgehead atoms. The maximum absolute atomic E-state index is 13.7. The van der Waals surface area contributed by atoms with Crippen LogP contribution >= 0.6 is 0 Å². The lowest BCUT2D eigenvalue weighted by Gasteiger charge is -2.53. The first kappa shape index (κ1) is 27.0. The van der Waals surface area contributed by atoms with Crippen molar-refractivity contribution in [3.63, 3.8) is 0 Å². The Bertz CT molecular complexity index is 1140. The number of aliphatic hydroxyl groups is 4. The van der Waals surface area contributed by atoms with Gasteiger partial charge in [-0.15, -0.1) is 0 Å². The van der Waals surface area contributed by atoms with Gasteiger partial charge >= 0.3 is 0 Å². The van der Waals surface area contributed by atoms with E-state index in [0.717, 1.165) is 0 Å². The molecule has 0 heterocycles. The van der Waals surface area contributed by atoms with Crippen molar-refractivity contribution in [1.29, 1.82) is 0 Å². The van der Waals surface area contributed by atoms with E-state index < -0.39 is 75.6 Å². The Morgan fingerprint density at radius 2 is 1.71 bits per heavy atom. The number of aliphatic hydroxyl groups excluding tert-OH is 3. The molecule has 0 aromatic heterocycles. The van der Waals surface area contributed by atoms with Crippen LogP contribution in [-0.2, 0) is 14.4 Å². The van der Waals surface area contributed by atoms with E-state index >= 15 is 0 Å². The first-order valence-corrected chi connectivity index (χ1v) is 10.0. The van der Waals surface area contributed by atoms with Crippen LogP contribution in [0, 0.1) is 11.8 Å². The maximum Gasteiger partial charge on any atom is 0.255 e. The molecule has 0 aliphatic heterocycles. The molecule has 1 saturated carbocycles. The van der Waals surface area contributed by atoms with Crippen molar-refractivity contribution < 1.29 is 50.9 Å². The van der Waals surface area contributed by atoms with Gasteiger partial charge in [-0.1, -0.05) is 19.1 Å². The number of carbonyl (C=O) groups is 3. The van der Waals surface area contributed by atoms with E-state index in [0.29, 0.717) is 5.56 Å². The molecule has 6 atom stereocenters. The van der Waals surface area contributed by atoms with Crippen molar-refractivity contribution in [3.8, 4) is 5.75 Å². The molecule has 1 fully saturated rings. The minimum Gasteiger partial charge on any atom is -0.508 e. The number of likely N-dealkylation sites (N-methyl/N-ethyl adjacent to an activating group) is 1. The highest BCUT2D eigenvalue weighted by molar-refractivity contribution is 6.24. The van der Waals surface area contributed by atoms with Crippen molar-refractivity contribution in [1.82, 2.24) is 4.90 Å². The van der Waals surface area contributed by atoms with E-state index in [-0.39, 0.29) is 22.3 Å². The number of phenolic OH excluding ortho intramolecular Hbond substituents is 1. The molecule has 12 nitrogen and oxygen atoms in total. The minimum absolute atomic E-state index is 0. The minimum atomic E-state index is -2.89. The third-order valence-electron chi connectivity index (χ3n) is 6.99. The van der Waals surface area contributed by atoms with Crippen LogP contribution in [0.1, 0.15) is 24.0 Å². The second-order valence-electron chi connectivity index (χ2n) is 8.79. The Kier molecular flexibility index (Phi) is 6.73. The monoisotopic (exact) mass is 480 g/mol. The number of aromatic hydroxyl groups is 1. The second-order valence-corrected chi connectivity index (χ2v) is 8.79. The summed E-state index contributed by atoms with van der Waals surface area (Å²) < 4.78 is 0. The van der Waals surface area contributed by atoms with Crippen LogP contribution in [0.4, 0.5) is 0 Å². The average molecular weight is 480 g/mol. The lowest BCUT2D eigenvalue weighted by Crippen LogP contribution is -2.70. The van der Waals surface area contributed by atoms with Gasteiger partial charge in [-0.25, -0.2) is 0 Å². The first-order chi connectivity index (χ1) is 14.9. The summed E-state index contributed by atoms with van der Waals surface area (Å²) in [6.07, 6.45) is -1.59. The Morgan fingerprint density at radius 1 is 1.12 bits per heavy atom. The zero-order valence-electron chi connectivity index (χ0n) is 18.6. The summed E-state index contributed by atoms with van der Waals surface area (Å²) in [5.74, 6) is -8.87. The molecule has 1 amide bonds. The molecule has 3 aliphatic rings. The summed E-state index contributed by atoms with van der Waals surface area (Å²) in [4.78, 5) is 40.0. The molecule has 0 saturated heterocycles. The van der Waals surface area contributed by atoms with Crippen molar-refractivity contribution in [2.24, 2.45) is 17.6 Å². The predicted octanol–water partition coefficient (Wildman–Crippen LogP) is -2.15. The van der Waals surface area contributed by atoms with Gasteiger partial charge in [-0.2, -0.15) is 0 Å². The van der Waals surface area contributed by atoms with E-state index in [2.05, 4.69) is 0 Å². The molecule has 1 aromatic rings. The number of fused-ring (bicyclic) bond motifs is 3. The number of primary amides is 1. The predicted molar refractivity (Wildman–Crippen MR) is 118 cm³/mol. The Morgan fingerprint density at radius 3 is 2.24 bits per heavy atom. The Hall–Kier alpha value is -3.29. The third-order valence-corrected chi connectivity index (χ3v) is 6.99. The second kappa shape index (κ2) is 8.49. The number of hydrogen-bond acceptors (Lipinski definition) is 9. The Balaban J connectivity index is 0.00000204. The van der Waals surface area contributed by atoms with Crippen LogP contribution in [0.3, 0.4) is 0 Å². The summed E-state index contributed by atoms with van der Waals surface area (Å²) in [6, 6.07) is 3.13. The van der Waals surface area contributed by atoms with Crippen LogP contribution < -0.4 is 5.73 Å². The van der Waals surface area contributed by atoms with Crippen LogP contribution in [0.5, 0.6) is 5.75 Å². The van der Waals surface area contributed by atoms with E-state index in [9.17, 15) is 39.9 Å². The molecule has 11 N–H and O–H groups in total. The van der Waals surface area contributed by atoms with Gasteiger partial charge in [0.15, 0.2) is 11.4 Å². The number of Topliss-reactive ketones (excluding diaryl/α,β-unsaturated/α-hetero) is 2. The van der Waals surface area contributed by atoms with Gasteiger partial charge < -0.3 is 42.2 Å². The van der Waals surface area contributed by atoms with Crippen molar-refractivity contribution in [2.75, 3.05) is 14.1 Å². The van der Waals surface area contributed by atoms with Crippen molar-refractivity contribution >= 4 is 23.2 Å². The topological polar surface area (TPSA) is 245 Å². The number of amides is 1. The zero-order valence-corrected chi connectivity index (χ0v) is 18.6. The quantitative estimate of drug-likeness (QED) is 0.252. The molecule has 1 aromatic carbocycles. The number of ketones is 2. The van der Waals surface area contributed by atoms with Gasteiger partial charge in [0.2, 0.25) is 5.78 Å². The van der Waals surface area contributed by atoms with E-state index in [1.165, 1.54) is 25.1 Å². The molecular formula is C22H28N2O10. The summed E-state index contributed by atoms with van der Waals surface area (Å²) in [7, 11) is 2.92. The summed E-state index contributed by atoms with van der Waals surface area (Å²) in [6.45, 7) is 1.68. The zero-order chi connectivity index (χ0) is 23.9. The molecule has 12 heteroatoms. The van der Waals surface area contributed by atoms with Gasteiger partial charge in [0.05, 0.1) is 23.6 Å². The average Bonchev–Trinajstić information content (AvgIpc) is 2.70. The molecule has 0 unspecified atom stereocenters. The fourth-order valence-corrected chi connectivity index (χ4v) is 5.58. The highest BCUT2D eigenvalue weighted by Crippen LogP contribution is 2.55. The highest BCUT2D eigenvalue weighted by atomic mass is 16.4. The maximum atomic E-state index is 13.7. The molecule has 0 radical (unpaired) electrons. The largest absolute Gasteiger partial charge is 0.508 e. The van der Waals surface area contributed by atoms with Crippen LogP contribution in [0.15, 0.2) is 35.1 Å². The van der Waals surface area contributed by atoms with E-state index in [1.54, 1.807) is 19.1 Å². The van der Waals surface area contributed by atoms with Gasteiger partial charge in [0, 0.05) is 11.5 Å². The molecule has 34 heavy (non-hydrogen) atoms.